The van der Waals surface area contributed by atoms with Gasteiger partial charge in [0, 0.05) is 33.5 Å². The van der Waals surface area contributed by atoms with E-state index >= 15 is 0 Å². The number of hydrogen-bond donors (Lipinski definition) is 4. The fourth-order valence-electron chi connectivity index (χ4n) is 5.52. The van der Waals surface area contributed by atoms with Crippen LogP contribution >= 0.6 is 11.6 Å². The van der Waals surface area contributed by atoms with Gasteiger partial charge in [-0.1, -0.05) is 36.6 Å². The number of nitrogens with one attached hydrogen (secondary N) is 4. The van der Waals surface area contributed by atoms with Crippen molar-refractivity contribution >= 4 is 41.1 Å². The molecule has 0 spiro atoms. The number of methoxy groups -OCH3 is 1. The number of ether oxygens (including phenoxy) is 1. The molecule has 1 aliphatic heterocycles. The molecule has 0 radical (unpaired) electrons. The van der Waals surface area contributed by atoms with Crippen LogP contribution < -0.4 is 16.0 Å². The van der Waals surface area contributed by atoms with Crippen LogP contribution in [0.5, 0.6) is 0 Å². The molecule has 0 saturated heterocycles. The molecule has 4 aromatic rings. The number of fused-ring (bicyclic) bond motifs is 4. The second-order valence-electron chi connectivity index (χ2n) is 12.7. The third-order valence-corrected chi connectivity index (χ3v) is 8.02. The Bertz CT molecular complexity index is 1910. The van der Waals surface area contributed by atoms with Crippen LogP contribution in [-0.4, -0.2) is 66.6 Å². The van der Waals surface area contributed by atoms with Crippen molar-refractivity contribution in [2.75, 3.05) is 12.4 Å². The topological polar surface area (TPSA) is 193 Å². The Morgan fingerprint density at radius 3 is 2.67 bits per heavy atom. The van der Waals surface area contributed by atoms with Gasteiger partial charge in [0.2, 0.25) is 11.8 Å². The number of H-pyrrole nitrogens is 1. The number of amides is 2. The molecular weight excluding hydrogens is 648 g/mol. The zero-order valence-corrected chi connectivity index (χ0v) is 28.3. The number of hydrogen-bond acceptors (Lipinski definition) is 10. The van der Waals surface area contributed by atoms with Gasteiger partial charge in [0.15, 0.2) is 5.69 Å². The van der Waals surface area contributed by atoms with Crippen LogP contribution in [0.15, 0.2) is 48.8 Å². The summed E-state index contributed by atoms with van der Waals surface area (Å²) in [6.45, 7) is 5.73. The lowest BCUT2D eigenvalue weighted by Gasteiger charge is -2.27. The molecule has 2 bridgehead atoms. The molecule has 0 unspecified atom stereocenters. The van der Waals surface area contributed by atoms with E-state index in [0.717, 1.165) is 0 Å². The number of tetrazole rings is 1. The van der Waals surface area contributed by atoms with Gasteiger partial charge < -0.3 is 25.7 Å². The first-order valence-corrected chi connectivity index (χ1v) is 16.1. The van der Waals surface area contributed by atoms with E-state index < -0.39 is 29.5 Å². The number of carbonyl (C=O) groups is 3. The van der Waals surface area contributed by atoms with E-state index in [2.05, 4.69) is 47.5 Å². The summed E-state index contributed by atoms with van der Waals surface area (Å²) < 4.78 is 6.33. The fourth-order valence-corrected chi connectivity index (χ4v) is 5.70. The minimum absolute atomic E-state index is 0.0255. The number of aromatic amines is 1. The van der Waals surface area contributed by atoms with E-state index in [4.69, 9.17) is 16.3 Å². The van der Waals surface area contributed by atoms with Gasteiger partial charge in [-0.05, 0) is 79.9 Å². The molecule has 254 valence electrons. The lowest BCUT2D eigenvalue weighted by Crippen LogP contribution is -2.48. The summed E-state index contributed by atoms with van der Waals surface area (Å²) in [7, 11) is 1.32. The summed E-state index contributed by atoms with van der Waals surface area (Å²) in [5.41, 5.74) is 3.12. The van der Waals surface area contributed by atoms with Crippen molar-refractivity contribution in [3.63, 3.8) is 0 Å². The molecule has 1 aliphatic rings. The van der Waals surface area contributed by atoms with Crippen molar-refractivity contribution < 1.29 is 19.1 Å². The average Bonchev–Trinajstić information content (AvgIpc) is 3.74. The molecule has 2 atom stereocenters. The van der Waals surface area contributed by atoms with Crippen molar-refractivity contribution in [1.29, 1.82) is 5.26 Å². The van der Waals surface area contributed by atoms with E-state index in [1.54, 1.807) is 42.5 Å². The first-order valence-electron chi connectivity index (χ1n) is 15.7. The molecule has 0 fully saturated rings. The van der Waals surface area contributed by atoms with Gasteiger partial charge in [-0.25, -0.2) is 4.98 Å². The van der Waals surface area contributed by atoms with Crippen LogP contribution in [-0.2, 0) is 25.5 Å². The zero-order chi connectivity index (χ0) is 35.1. The van der Waals surface area contributed by atoms with Crippen molar-refractivity contribution in [3.05, 3.63) is 76.5 Å². The molecule has 14 nitrogen and oxygen atoms in total. The van der Waals surface area contributed by atoms with Crippen LogP contribution in [0, 0.1) is 11.3 Å². The zero-order valence-electron chi connectivity index (χ0n) is 27.6. The maximum atomic E-state index is 13.5. The minimum atomic E-state index is -0.623. The van der Waals surface area contributed by atoms with Crippen molar-refractivity contribution in [1.82, 2.24) is 40.8 Å². The van der Waals surface area contributed by atoms with Gasteiger partial charge >= 0.3 is 5.97 Å². The Morgan fingerprint density at radius 2 is 1.96 bits per heavy atom. The molecule has 3 heterocycles. The predicted octanol–water partition coefficient (Wildman–Crippen LogP) is 4.43. The van der Waals surface area contributed by atoms with Crippen molar-refractivity contribution in [2.24, 2.45) is 0 Å². The maximum Gasteiger partial charge on any atom is 0.309 e. The number of benzene rings is 2. The van der Waals surface area contributed by atoms with Crippen LogP contribution in [0.3, 0.4) is 0 Å². The van der Waals surface area contributed by atoms with Gasteiger partial charge in [-0.15, -0.1) is 5.10 Å². The second kappa shape index (κ2) is 15.1. The van der Waals surface area contributed by atoms with Crippen LogP contribution in [0.1, 0.15) is 75.1 Å². The lowest BCUT2D eigenvalue weighted by molar-refractivity contribution is -0.139. The van der Waals surface area contributed by atoms with E-state index in [1.807, 2.05) is 20.8 Å². The van der Waals surface area contributed by atoms with E-state index in [-0.39, 0.29) is 18.0 Å². The quantitative estimate of drug-likeness (QED) is 0.160. The number of halogens is 1. The highest BCUT2D eigenvalue weighted by molar-refractivity contribution is 6.30. The Hall–Kier alpha value is -5.55. The molecule has 0 saturated carbocycles. The Balaban J connectivity index is 1.49. The predicted molar refractivity (Wildman–Crippen MR) is 182 cm³/mol. The number of rotatable bonds is 7. The first-order chi connectivity index (χ1) is 23.4. The number of aromatic nitrogens is 6. The molecule has 5 rings (SSSR count). The third kappa shape index (κ3) is 8.88. The number of nitriles is 1. The van der Waals surface area contributed by atoms with E-state index in [9.17, 15) is 19.6 Å². The van der Waals surface area contributed by atoms with Crippen LogP contribution in [0.4, 0.5) is 5.69 Å². The number of anilines is 1. The van der Waals surface area contributed by atoms with Gasteiger partial charge in [-0.2, -0.15) is 9.94 Å². The normalized spacial score (nSPS) is 16.3. The molecule has 4 N–H and O–H groups in total. The summed E-state index contributed by atoms with van der Waals surface area (Å²) in [5.74, 6) is -0.575. The van der Waals surface area contributed by atoms with Crippen molar-refractivity contribution in [3.8, 4) is 23.0 Å². The maximum absolute atomic E-state index is 13.5. The number of imidazole rings is 1. The second-order valence-corrected chi connectivity index (χ2v) is 13.1. The largest absolute Gasteiger partial charge is 0.469 e. The molecular formula is C34H37ClN10O4. The van der Waals surface area contributed by atoms with Gasteiger partial charge in [0.25, 0.3) is 0 Å². The van der Waals surface area contributed by atoms with Crippen LogP contribution in [0.25, 0.3) is 23.0 Å². The van der Waals surface area contributed by atoms with E-state index in [1.165, 1.54) is 24.2 Å². The SMILES string of the molecule is COC(=O)Cc1ccc2c(c1)N[C@@H](C(=O)NC(C)(C)C)CCCC[C@H](NC(=O)/C=C/c1cc(Cl)ccc1-n1cnnn1)c1nc(C#N)c-2[nH]1. The van der Waals surface area contributed by atoms with Gasteiger partial charge in [0.1, 0.15) is 24.3 Å². The Kier molecular flexibility index (Phi) is 10.7. The summed E-state index contributed by atoms with van der Waals surface area (Å²) in [6, 6.07) is 11.4. The molecule has 2 aromatic heterocycles. The average molecular weight is 685 g/mol. The molecule has 0 aliphatic carbocycles. The van der Waals surface area contributed by atoms with Crippen molar-refractivity contribution in [2.45, 2.75) is 70.5 Å². The summed E-state index contributed by atoms with van der Waals surface area (Å²) >= 11 is 6.24. The molecule has 49 heavy (non-hydrogen) atoms. The summed E-state index contributed by atoms with van der Waals surface area (Å²) in [4.78, 5) is 46.8. The molecule has 2 amide bonds. The van der Waals surface area contributed by atoms with Crippen LogP contribution in [0.2, 0.25) is 5.02 Å². The Morgan fingerprint density at radius 1 is 1.16 bits per heavy atom. The highest BCUT2D eigenvalue weighted by atomic mass is 35.5. The smallest absolute Gasteiger partial charge is 0.309 e. The molecule has 2 aromatic carbocycles. The van der Waals surface area contributed by atoms with Gasteiger partial charge in [-0.3, -0.25) is 14.4 Å². The lowest BCUT2D eigenvalue weighted by atomic mass is 9.99. The minimum Gasteiger partial charge on any atom is -0.469 e. The summed E-state index contributed by atoms with van der Waals surface area (Å²) in [5, 5.41) is 31.4. The number of nitrogens with zero attached hydrogens (tertiary/aromatic N) is 6. The number of esters is 1. The number of carbonyl (C=O) groups excluding carboxylic acids is 3. The monoisotopic (exact) mass is 684 g/mol. The highest BCUT2D eigenvalue weighted by Gasteiger charge is 2.27. The molecule has 15 heteroatoms. The van der Waals surface area contributed by atoms with E-state index in [0.29, 0.717) is 70.3 Å². The standard InChI is InChI=1S/C34H37ClN10O4/c1-34(2,3)42-33(48)25-8-6-5-7-24(39-29(46)14-10-21-17-22(35)11-13-28(21)45-19-37-43-44-45)32-40-27(18-36)31(41-32)23-12-9-20(15-26(23)38-25)16-30(47)49-4/h9-15,17,19,24-25,38H,5-8,16H2,1-4H3,(H,39,46)(H,40,41)(H,42,48)/b14-10+/t24-,25+/m0/s1. The fraction of sp³-hybridized carbons (Fsp3) is 0.353. The first kappa shape index (κ1) is 34.8. The summed E-state index contributed by atoms with van der Waals surface area (Å²) in [6.07, 6.45) is 6.74. The highest BCUT2D eigenvalue weighted by Crippen LogP contribution is 2.34. The Labute approximate surface area is 288 Å². The van der Waals surface area contributed by atoms with Gasteiger partial charge in [0.05, 0.1) is 31.0 Å². The third-order valence-electron chi connectivity index (χ3n) is 7.78.